The molecule has 7 nitrogen and oxygen atoms in total. The van der Waals surface area contributed by atoms with Crippen molar-refractivity contribution in [2.75, 3.05) is 26.2 Å². The van der Waals surface area contributed by atoms with Gasteiger partial charge in [-0.2, -0.15) is 18.3 Å². The smallest absolute Gasteiger partial charge is 0.346 e. The molecule has 0 spiro atoms. The molecule has 2 aliphatic rings. The third-order valence-corrected chi connectivity index (χ3v) is 7.51. The summed E-state index contributed by atoms with van der Waals surface area (Å²) in [6.07, 6.45) is 4.84. The van der Waals surface area contributed by atoms with Crippen molar-refractivity contribution >= 4 is 22.6 Å². The van der Waals surface area contributed by atoms with E-state index in [1.165, 1.54) is 18.2 Å². The lowest BCUT2D eigenvalue weighted by molar-refractivity contribution is -0.137. The Balaban J connectivity index is 1.03. The lowest BCUT2D eigenvalue weighted by atomic mass is 9.97. The Kier molecular flexibility index (Phi) is 5.97. The minimum absolute atomic E-state index is 0.380. The van der Waals surface area contributed by atoms with Crippen LogP contribution in [0.5, 0.6) is 0 Å². The molecule has 0 bridgehead atoms. The molecule has 5 heterocycles. The average molecular weight is 515 g/mol. The van der Waals surface area contributed by atoms with E-state index < -0.39 is 11.7 Å². The first kappa shape index (κ1) is 23.4. The molecule has 1 radical (unpaired) electrons. The number of nitrogens with one attached hydrogen (secondary N) is 1. The molecule has 3 aromatic heterocycles. The summed E-state index contributed by atoms with van der Waals surface area (Å²) in [6, 6.07) is 7.21. The maximum Gasteiger partial charge on any atom is 0.416 e. The fourth-order valence-electron chi connectivity index (χ4n) is 5.10. The van der Waals surface area contributed by atoms with Crippen molar-refractivity contribution in [1.82, 2.24) is 34.5 Å². The molecule has 11 heteroatoms. The van der Waals surface area contributed by atoms with Gasteiger partial charge in [0.05, 0.1) is 17.5 Å². The number of benzene rings is 1. The molecule has 36 heavy (non-hydrogen) atoms. The summed E-state index contributed by atoms with van der Waals surface area (Å²) in [5.74, 6) is 0. The Morgan fingerprint density at radius 1 is 1.08 bits per heavy atom. The summed E-state index contributed by atoms with van der Waals surface area (Å²) in [4.78, 5) is 16.4. The number of H-pyrrole nitrogens is 1. The SMILES string of the molecule is FC(F)(F)c1ccc(Cl)c(CN2CCC(N3C[C](n4cc(-c5ncnc6[nH]ccc56)cn4)C3)CC2)c1. The molecule has 1 aromatic carbocycles. The quantitative estimate of drug-likeness (QED) is 0.412. The highest BCUT2D eigenvalue weighted by Crippen LogP contribution is 2.33. The first-order chi connectivity index (χ1) is 17.3. The molecule has 4 aromatic rings. The van der Waals surface area contributed by atoms with Gasteiger partial charge in [0, 0.05) is 54.0 Å². The van der Waals surface area contributed by atoms with Crippen molar-refractivity contribution < 1.29 is 13.2 Å². The summed E-state index contributed by atoms with van der Waals surface area (Å²) in [5, 5.41) is 5.91. The standard InChI is InChI=1S/C25H24ClF3N7/c26-22-2-1-18(25(27,28)29)9-16(22)11-34-7-4-19(5-8-34)35-13-20(14-35)36-12-17(10-33-36)23-21-3-6-30-24(21)32-15-31-23/h1-3,6,9-10,12,15,19H,4-5,7-8,11,13-14H2,(H,30,31,32). The largest absolute Gasteiger partial charge is 0.416 e. The van der Waals surface area contributed by atoms with Crippen molar-refractivity contribution in [3.8, 4) is 11.3 Å². The first-order valence-electron chi connectivity index (χ1n) is 11.9. The molecule has 0 unspecified atom stereocenters. The highest BCUT2D eigenvalue weighted by Gasteiger charge is 2.36. The summed E-state index contributed by atoms with van der Waals surface area (Å²) >= 11 is 6.19. The van der Waals surface area contributed by atoms with Crippen molar-refractivity contribution in [3.05, 3.63) is 71.4 Å². The lowest BCUT2D eigenvalue weighted by Crippen LogP contribution is -2.56. The maximum atomic E-state index is 13.1. The van der Waals surface area contributed by atoms with Crippen LogP contribution in [0.25, 0.3) is 22.3 Å². The van der Waals surface area contributed by atoms with Crippen molar-refractivity contribution in [2.24, 2.45) is 0 Å². The first-order valence-corrected chi connectivity index (χ1v) is 12.2. The van der Waals surface area contributed by atoms with Crippen LogP contribution in [0.2, 0.25) is 5.02 Å². The molecule has 0 atom stereocenters. The number of rotatable bonds is 5. The van der Waals surface area contributed by atoms with E-state index in [-0.39, 0.29) is 0 Å². The zero-order valence-electron chi connectivity index (χ0n) is 19.3. The summed E-state index contributed by atoms with van der Waals surface area (Å²) in [7, 11) is 0. The molecule has 0 saturated carbocycles. The molecule has 0 amide bonds. The topological polar surface area (TPSA) is 65.9 Å². The van der Waals surface area contributed by atoms with Crippen molar-refractivity contribution in [1.29, 1.82) is 0 Å². The highest BCUT2D eigenvalue weighted by atomic mass is 35.5. The molecule has 2 saturated heterocycles. The molecule has 2 aliphatic heterocycles. The predicted octanol–water partition coefficient (Wildman–Crippen LogP) is 4.85. The van der Waals surface area contributed by atoms with Gasteiger partial charge in [-0.05, 0) is 55.8 Å². The summed E-state index contributed by atoms with van der Waals surface area (Å²) in [5.41, 5.74) is 2.49. The lowest BCUT2D eigenvalue weighted by Gasteiger charge is -2.46. The second kappa shape index (κ2) is 9.17. The van der Waals surface area contributed by atoms with Crippen molar-refractivity contribution in [3.63, 3.8) is 0 Å². The predicted molar refractivity (Wildman–Crippen MR) is 130 cm³/mol. The van der Waals surface area contributed by atoms with E-state index in [1.807, 2.05) is 29.3 Å². The van der Waals surface area contributed by atoms with Gasteiger partial charge in [0.25, 0.3) is 0 Å². The van der Waals surface area contributed by atoms with Crippen LogP contribution in [-0.2, 0) is 12.7 Å². The third kappa shape index (κ3) is 4.49. The number of aromatic amines is 1. The van der Waals surface area contributed by atoms with Gasteiger partial charge >= 0.3 is 6.18 Å². The molecule has 6 rings (SSSR count). The number of alkyl halides is 3. The Morgan fingerprint density at radius 3 is 2.67 bits per heavy atom. The average Bonchev–Trinajstić information content (AvgIpc) is 3.50. The number of likely N-dealkylation sites (tertiary alicyclic amines) is 2. The van der Waals surface area contributed by atoms with Gasteiger partial charge in [-0.15, -0.1) is 0 Å². The van der Waals surface area contributed by atoms with E-state index in [2.05, 4.69) is 29.9 Å². The van der Waals surface area contributed by atoms with E-state index in [1.54, 1.807) is 6.33 Å². The van der Waals surface area contributed by atoms with Crippen molar-refractivity contribution in [2.45, 2.75) is 31.6 Å². The van der Waals surface area contributed by atoms with E-state index in [4.69, 9.17) is 11.6 Å². The minimum Gasteiger partial charge on any atom is -0.346 e. The van der Waals surface area contributed by atoms with Gasteiger partial charge in [-0.25, -0.2) is 9.97 Å². The van der Waals surface area contributed by atoms with Crippen LogP contribution < -0.4 is 0 Å². The van der Waals surface area contributed by atoms with Crippen LogP contribution in [0.3, 0.4) is 0 Å². The molecule has 0 aliphatic carbocycles. The van der Waals surface area contributed by atoms with E-state index in [9.17, 15) is 13.2 Å². The number of nitrogens with zero attached hydrogens (tertiary/aromatic N) is 6. The number of hydrogen-bond acceptors (Lipinski definition) is 5. The monoisotopic (exact) mass is 514 g/mol. The Bertz CT molecular complexity index is 1370. The second-order valence-electron chi connectivity index (χ2n) is 9.42. The van der Waals surface area contributed by atoms with Gasteiger partial charge in [-0.3, -0.25) is 14.5 Å². The van der Waals surface area contributed by atoms with Gasteiger partial charge in [-0.1, -0.05) is 11.6 Å². The third-order valence-electron chi connectivity index (χ3n) is 7.15. The Hall–Kier alpha value is -2.95. The minimum atomic E-state index is -4.36. The fraction of sp³-hybridized carbons (Fsp3) is 0.360. The van der Waals surface area contributed by atoms with E-state index in [0.717, 1.165) is 67.4 Å². The maximum absolute atomic E-state index is 13.1. The van der Waals surface area contributed by atoms with Crippen LogP contribution >= 0.6 is 11.6 Å². The van der Waals surface area contributed by atoms with Gasteiger partial charge in [0.2, 0.25) is 0 Å². The second-order valence-corrected chi connectivity index (χ2v) is 9.83. The Morgan fingerprint density at radius 2 is 1.89 bits per heavy atom. The van der Waals surface area contributed by atoms with Crippen LogP contribution in [0.4, 0.5) is 13.2 Å². The number of piperidine rings is 1. The number of fused-ring (bicyclic) bond motifs is 1. The number of aromatic nitrogens is 5. The van der Waals surface area contributed by atoms with Crippen LogP contribution in [-0.4, -0.2) is 66.8 Å². The zero-order valence-corrected chi connectivity index (χ0v) is 20.1. The van der Waals surface area contributed by atoms with Crippen LogP contribution in [0, 0.1) is 6.04 Å². The Labute approximate surface area is 210 Å². The molecule has 2 fully saturated rings. The van der Waals surface area contributed by atoms with Crippen LogP contribution in [0.15, 0.2) is 49.2 Å². The van der Waals surface area contributed by atoms with Gasteiger partial charge in [0.15, 0.2) is 0 Å². The molecule has 187 valence electrons. The van der Waals surface area contributed by atoms with Gasteiger partial charge in [0.1, 0.15) is 18.0 Å². The fourth-order valence-corrected chi connectivity index (χ4v) is 5.28. The molecular formula is C25H24ClF3N7. The van der Waals surface area contributed by atoms with E-state index >= 15 is 0 Å². The summed E-state index contributed by atoms with van der Waals surface area (Å²) in [6.45, 7) is 3.80. The normalized spacial score (nSPS) is 18.7. The number of hydrogen-bond donors (Lipinski definition) is 1. The molecular weight excluding hydrogens is 491 g/mol. The van der Waals surface area contributed by atoms with Crippen LogP contribution in [0.1, 0.15) is 24.0 Å². The molecule has 1 N–H and O–H groups in total. The van der Waals surface area contributed by atoms with E-state index in [0.29, 0.717) is 23.2 Å². The zero-order chi connectivity index (χ0) is 24.9. The van der Waals surface area contributed by atoms with Gasteiger partial charge < -0.3 is 4.98 Å². The summed E-state index contributed by atoms with van der Waals surface area (Å²) < 4.78 is 41.2. The highest BCUT2D eigenvalue weighted by molar-refractivity contribution is 6.31. The number of halogens is 4.